The molecule has 33 heavy (non-hydrogen) atoms. The lowest BCUT2D eigenvalue weighted by Gasteiger charge is -2.24. The zero-order valence-corrected chi connectivity index (χ0v) is 20.0. The summed E-state index contributed by atoms with van der Waals surface area (Å²) in [6.07, 6.45) is 0. The first kappa shape index (κ1) is 23.4. The summed E-state index contributed by atoms with van der Waals surface area (Å²) in [5.74, 6) is 0.908. The van der Waals surface area contributed by atoms with E-state index < -0.39 is 4.92 Å². The third-order valence-corrected chi connectivity index (χ3v) is 7.04. The van der Waals surface area contributed by atoms with Crippen LogP contribution in [0.3, 0.4) is 0 Å². The first-order valence-corrected chi connectivity index (χ1v) is 11.8. The van der Waals surface area contributed by atoms with E-state index in [4.69, 9.17) is 32.5 Å². The Morgan fingerprint density at radius 2 is 2.03 bits per heavy atom. The zero-order valence-electron chi connectivity index (χ0n) is 17.7. The van der Waals surface area contributed by atoms with Gasteiger partial charge in [-0.1, -0.05) is 40.5 Å². The fraction of sp³-hybridized carbons (Fsp3) is 0.273. The van der Waals surface area contributed by atoms with Crippen molar-refractivity contribution in [2.24, 2.45) is 0 Å². The van der Waals surface area contributed by atoms with Gasteiger partial charge in [-0.3, -0.25) is 14.9 Å². The number of aromatic nitrogens is 1. The molecule has 8 nitrogen and oxygen atoms in total. The van der Waals surface area contributed by atoms with E-state index in [2.05, 4.69) is 5.16 Å². The van der Waals surface area contributed by atoms with Gasteiger partial charge in [-0.05, 0) is 37.6 Å². The minimum atomic E-state index is -0.479. The Kier molecular flexibility index (Phi) is 6.83. The van der Waals surface area contributed by atoms with E-state index in [0.29, 0.717) is 33.7 Å². The van der Waals surface area contributed by atoms with E-state index >= 15 is 0 Å². The number of aryl methyl sites for hydroxylation is 2. The summed E-state index contributed by atoms with van der Waals surface area (Å²) in [5, 5.41) is 15.8. The molecule has 0 saturated carbocycles. The number of halogens is 2. The van der Waals surface area contributed by atoms with Gasteiger partial charge in [-0.15, -0.1) is 11.8 Å². The predicted octanol–water partition coefficient (Wildman–Crippen LogP) is 5.77. The van der Waals surface area contributed by atoms with Crippen molar-refractivity contribution in [2.75, 3.05) is 18.9 Å². The molecule has 0 aliphatic carbocycles. The standard InChI is InChI=1S/C22H19Cl2N3O5S/c1-12-6-7-17(16(10-12)27(29)30)31-11-18-26(8-9-33-18)22(28)19-13(2)32-25-21(19)20-14(23)4-3-5-15(20)24/h3-7,10,18H,8-9,11H2,1-2H3/t18-/m1/s1. The van der Waals surface area contributed by atoms with Gasteiger partial charge in [0.1, 0.15) is 29.0 Å². The third-order valence-electron chi connectivity index (χ3n) is 5.22. The first-order valence-electron chi connectivity index (χ1n) is 9.99. The number of carbonyl (C=O) groups is 1. The summed E-state index contributed by atoms with van der Waals surface area (Å²) in [4.78, 5) is 26.1. The highest BCUT2D eigenvalue weighted by Gasteiger charge is 2.35. The summed E-state index contributed by atoms with van der Waals surface area (Å²) in [5.41, 5.74) is 1.63. The number of nitrogens with zero attached hydrogens (tertiary/aromatic N) is 3. The minimum absolute atomic E-state index is 0.0901. The van der Waals surface area contributed by atoms with Crippen LogP contribution in [-0.2, 0) is 0 Å². The fourth-order valence-electron chi connectivity index (χ4n) is 3.61. The molecule has 0 N–H and O–H groups in total. The average Bonchev–Trinajstić information content (AvgIpc) is 3.39. The molecule has 2 aromatic carbocycles. The van der Waals surface area contributed by atoms with E-state index in [1.807, 2.05) is 0 Å². The molecule has 1 saturated heterocycles. The molecule has 0 spiro atoms. The fourth-order valence-corrected chi connectivity index (χ4v) is 5.30. The maximum Gasteiger partial charge on any atom is 0.311 e. The number of nitro benzene ring substituents is 1. The van der Waals surface area contributed by atoms with E-state index in [1.165, 1.54) is 17.8 Å². The molecule has 0 unspecified atom stereocenters. The lowest BCUT2D eigenvalue weighted by molar-refractivity contribution is -0.385. The molecule has 3 aromatic rings. The van der Waals surface area contributed by atoms with Gasteiger partial charge in [-0.25, -0.2) is 0 Å². The van der Waals surface area contributed by atoms with Crippen molar-refractivity contribution >= 4 is 46.6 Å². The van der Waals surface area contributed by atoms with Crippen molar-refractivity contribution in [2.45, 2.75) is 19.2 Å². The number of benzene rings is 2. The van der Waals surface area contributed by atoms with Crippen molar-refractivity contribution in [1.29, 1.82) is 0 Å². The van der Waals surface area contributed by atoms with Crippen LogP contribution in [0.15, 0.2) is 40.9 Å². The topological polar surface area (TPSA) is 98.7 Å². The predicted molar refractivity (Wildman–Crippen MR) is 127 cm³/mol. The molecule has 0 radical (unpaired) electrons. The van der Waals surface area contributed by atoms with Crippen LogP contribution in [0, 0.1) is 24.0 Å². The van der Waals surface area contributed by atoms with Gasteiger partial charge in [0.2, 0.25) is 0 Å². The SMILES string of the molecule is Cc1ccc(OC[C@H]2SCCN2C(=O)c2c(-c3c(Cl)cccc3Cl)noc2C)c([N+](=O)[O-])c1. The van der Waals surface area contributed by atoms with E-state index in [0.717, 1.165) is 5.56 Å². The van der Waals surface area contributed by atoms with E-state index in [9.17, 15) is 14.9 Å². The molecule has 1 amide bonds. The van der Waals surface area contributed by atoms with E-state index in [1.54, 1.807) is 49.1 Å². The van der Waals surface area contributed by atoms with Crippen LogP contribution in [0.4, 0.5) is 5.69 Å². The van der Waals surface area contributed by atoms with Crippen molar-refractivity contribution in [3.8, 4) is 17.0 Å². The molecular weight excluding hydrogens is 489 g/mol. The number of carbonyl (C=O) groups excluding carboxylic acids is 1. The van der Waals surface area contributed by atoms with Crippen LogP contribution < -0.4 is 4.74 Å². The maximum atomic E-state index is 13.5. The van der Waals surface area contributed by atoms with Crippen molar-refractivity contribution in [3.05, 3.63) is 73.4 Å². The summed E-state index contributed by atoms with van der Waals surface area (Å²) in [7, 11) is 0. The van der Waals surface area contributed by atoms with Crippen LogP contribution in [0.2, 0.25) is 10.0 Å². The van der Waals surface area contributed by atoms with Crippen molar-refractivity contribution < 1.29 is 19.0 Å². The molecule has 1 fully saturated rings. The first-order chi connectivity index (χ1) is 15.8. The molecule has 0 bridgehead atoms. The highest BCUT2D eigenvalue weighted by Crippen LogP contribution is 2.38. The second-order valence-corrected chi connectivity index (χ2v) is 9.52. The lowest BCUT2D eigenvalue weighted by atomic mass is 10.0. The highest BCUT2D eigenvalue weighted by atomic mass is 35.5. The number of nitro groups is 1. The molecule has 11 heteroatoms. The van der Waals surface area contributed by atoms with Crippen LogP contribution in [0.1, 0.15) is 21.7 Å². The molecule has 1 aliphatic heterocycles. The molecule has 1 aliphatic rings. The zero-order chi connectivity index (χ0) is 23.7. The summed E-state index contributed by atoms with van der Waals surface area (Å²) < 4.78 is 11.1. The summed E-state index contributed by atoms with van der Waals surface area (Å²) in [6.45, 7) is 3.99. The number of amides is 1. The van der Waals surface area contributed by atoms with Gasteiger partial charge >= 0.3 is 5.69 Å². The molecule has 172 valence electrons. The third kappa shape index (κ3) is 4.66. The lowest BCUT2D eigenvalue weighted by Crippen LogP contribution is -2.38. The van der Waals surface area contributed by atoms with E-state index in [-0.39, 0.29) is 40.6 Å². The van der Waals surface area contributed by atoms with Gasteiger partial charge in [0.05, 0.1) is 15.0 Å². The Hall–Kier alpha value is -2.75. The quantitative estimate of drug-likeness (QED) is 0.308. The van der Waals surface area contributed by atoms with Gasteiger partial charge in [0.15, 0.2) is 5.75 Å². The smallest absolute Gasteiger partial charge is 0.311 e. The molecule has 1 aromatic heterocycles. The second-order valence-electron chi connectivity index (χ2n) is 7.42. The van der Waals surface area contributed by atoms with Gasteiger partial charge < -0.3 is 14.2 Å². The Bertz CT molecular complexity index is 1210. The molecule has 4 rings (SSSR count). The number of rotatable bonds is 6. The summed E-state index contributed by atoms with van der Waals surface area (Å²) in [6, 6.07) is 9.81. The van der Waals surface area contributed by atoms with Crippen LogP contribution in [0.5, 0.6) is 5.75 Å². The monoisotopic (exact) mass is 507 g/mol. The van der Waals surface area contributed by atoms with Crippen molar-refractivity contribution in [1.82, 2.24) is 10.1 Å². The van der Waals surface area contributed by atoms with Gasteiger partial charge in [0.25, 0.3) is 5.91 Å². The number of hydrogen-bond donors (Lipinski definition) is 0. The second kappa shape index (κ2) is 9.62. The molecule has 2 heterocycles. The largest absolute Gasteiger partial charge is 0.484 e. The van der Waals surface area contributed by atoms with Gasteiger partial charge in [0, 0.05) is 23.9 Å². The Balaban J connectivity index is 1.59. The van der Waals surface area contributed by atoms with Gasteiger partial charge in [-0.2, -0.15) is 0 Å². The van der Waals surface area contributed by atoms with Crippen molar-refractivity contribution in [3.63, 3.8) is 0 Å². The van der Waals surface area contributed by atoms with Crippen LogP contribution in [0.25, 0.3) is 11.3 Å². The Labute approximate surface area is 203 Å². The summed E-state index contributed by atoms with van der Waals surface area (Å²) >= 11 is 14.2. The molecular formula is C22H19Cl2N3O5S. The number of ether oxygens (including phenoxy) is 1. The minimum Gasteiger partial charge on any atom is -0.484 e. The Morgan fingerprint density at radius 3 is 2.73 bits per heavy atom. The number of thioether (sulfide) groups is 1. The normalized spacial score (nSPS) is 15.6. The number of hydrogen-bond acceptors (Lipinski definition) is 7. The average molecular weight is 508 g/mol. The Morgan fingerprint density at radius 1 is 1.30 bits per heavy atom. The maximum absolute atomic E-state index is 13.5. The highest BCUT2D eigenvalue weighted by molar-refractivity contribution is 8.00. The van der Waals surface area contributed by atoms with Crippen LogP contribution >= 0.6 is 35.0 Å². The molecule has 1 atom stereocenters. The van der Waals surface area contributed by atoms with Crippen LogP contribution in [-0.4, -0.2) is 45.2 Å².